The van der Waals surface area contributed by atoms with Crippen LogP contribution in [0, 0.1) is 0 Å². The highest BCUT2D eigenvalue weighted by atomic mass is 32.2. The maximum Gasteiger partial charge on any atom is 0.263 e. The predicted octanol–water partition coefficient (Wildman–Crippen LogP) is 4.40. The Bertz CT molecular complexity index is 1310. The Morgan fingerprint density at radius 1 is 1.03 bits per heavy atom. The molecule has 2 heterocycles. The van der Waals surface area contributed by atoms with Crippen molar-refractivity contribution in [3.05, 3.63) is 92.6 Å². The molecule has 1 aliphatic rings. The first kappa shape index (κ1) is 21.0. The molecule has 4 aromatic rings. The van der Waals surface area contributed by atoms with E-state index in [0.29, 0.717) is 18.2 Å². The molecule has 1 amide bonds. The van der Waals surface area contributed by atoms with Crippen molar-refractivity contribution in [2.75, 3.05) is 5.75 Å². The van der Waals surface area contributed by atoms with Crippen LogP contribution in [0.15, 0.2) is 70.6 Å². The lowest BCUT2D eigenvalue weighted by Crippen LogP contribution is -2.27. The van der Waals surface area contributed by atoms with Crippen LogP contribution in [0.1, 0.15) is 28.0 Å². The highest BCUT2D eigenvalue weighted by Crippen LogP contribution is 2.35. The van der Waals surface area contributed by atoms with Crippen LogP contribution in [0.4, 0.5) is 0 Å². The third kappa shape index (κ3) is 4.36. The third-order valence-electron chi connectivity index (χ3n) is 5.64. The number of thiophene rings is 1. The number of carbonyl (C=O) groups excluding carboxylic acids is 1. The first-order valence-electron chi connectivity index (χ1n) is 10.7. The second-order valence-corrected chi connectivity index (χ2v) is 9.89. The number of fused-ring (bicyclic) bond motifs is 3. The molecule has 162 valence electrons. The molecule has 1 N–H and O–H groups in total. The molecule has 2 aromatic carbocycles. The number of aromatic nitrogens is 2. The molecule has 5 nitrogen and oxygen atoms in total. The van der Waals surface area contributed by atoms with E-state index in [1.807, 2.05) is 60.7 Å². The van der Waals surface area contributed by atoms with Gasteiger partial charge >= 0.3 is 0 Å². The van der Waals surface area contributed by atoms with E-state index < -0.39 is 0 Å². The van der Waals surface area contributed by atoms with E-state index >= 15 is 0 Å². The molecule has 0 fully saturated rings. The number of hydrogen-bond donors (Lipinski definition) is 1. The molecule has 32 heavy (non-hydrogen) atoms. The Hall–Kier alpha value is -2.90. The minimum absolute atomic E-state index is 0.00504. The Morgan fingerprint density at radius 2 is 1.75 bits per heavy atom. The Morgan fingerprint density at radius 3 is 2.50 bits per heavy atom. The van der Waals surface area contributed by atoms with E-state index in [1.165, 1.54) is 22.2 Å². The van der Waals surface area contributed by atoms with Gasteiger partial charge in [0.2, 0.25) is 5.91 Å². The van der Waals surface area contributed by atoms with Crippen molar-refractivity contribution in [3.63, 3.8) is 0 Å². The molecule has 7 heteroatoms. The van der Waals surface area contributed by atoms with Crippen molar-refractivity contribution in [2.45, 2.75) is 37.5 Å². The van der Waals surface area contributed by atoms with Gasteiger partial charge < -0.3 is 5.32 Å². The highest BCUT2D eigenvalue weighted by molar-refractivity contribution is 7.99. The molecule has 0 atom stereocenters. The van der Waals surface area contributed by atoms with Crippen LogP contribution in [-0.2, 0) is 30.7 Å². The maximum atomic E-state index is 13.5. The quantitative estimate of drug-likeness (QED) is 0.327. The molecular weight excluding hydrogens is 438 g/mol. The summed E-state index contributed by atoms with van der Waals surface area (Å²) in [6.45, 7) is 0.933. The zero-order chi connectivity index (χ0) is 21.9. The molecule has 2 aromatic heterocycles. The Balaban J connectivity index is 1.41. The van der Waals surface area contributed by atoms with Crippen LogP contribution >= 0.6 is 23.1 Å². The third-order valence-corrected chi connectivity index (χ3v) is 7.80. The van der Waals surface area contributed by atoms with Gasteiger partial charge in [-0.1, -0.05) is 72.4 Å². The fourth-order valence-corrected chi connectivity index (χ4v) is 6.18. The lowest BCUT2D eigenvalue weighted by molar-refractivity contribution is -0.118. The fourth-order valence-electron chi connectivity index (χ4n) is 4.05. The van der Waals surface area contributed by atoms with E-state index in [9.17, 15) is 9.59 Å². The Kier molecular flexibility index (Phi) is 6.10. The number of rotatable bonds is 7. The van der Waals surface area contributed by atoms with Crippen molar-refractivity contribution < 1.29 is 4.79 Å². The van der Waals surface area contributed by atoms with Crippen molar-refractivity contribution in [2.24, 2.45) is 0 Å². The zero-order valence-corrected chi connectivity index (χ0v) is 19.2. The number of thioether (sulfide) groups is 1. The van der Waals surface area contributed by atoms with Crippen molar-refractivity contribution >= 4 is 39.2 Å². The zero-order valence-electron chi connectivity index (χ0n) is 17.5. The summed E-state index contributed by atoms with van der Waals surface area (Å²) < 4.78 is 1.73. The normalized spacial score (nSPS) is 12.8. The molecule has 0 aliphatic heterocycles. The molecule has 0 spiro atoms. The molecule has 0 bridgehead atoms. The Labute approximate surface area is 194 Å². The molecule has 5 rings (SSSR count). The summed E-state index contributed by atoms with van der Waals surface area (Å²) in [4.78, 5) is 33.0. The molecule has 0 radical (unpaired) electrons. The number of nitrogens with zero attached hydrogens (tertiary/aromatic N) is 2. The van der Waals surface area contributed by atoms with Crippen LogP contribution in [0.25, 0.3) is 10.2 Å². The number of hydrogen-bond acceptors (Lipinski definition) is 5. The first-order valence-corrected chi connectivity index (χ1v) is 12.5. The van der Waals surface area contributed by atoms with Crippen molar-refractivity contribution in [1.82, 2.24) is 14.9 Å². The monoisotopic (exact) mass is 461 g/mol. The second-order valence-electron chi connectivity index (χ2n) is 7.86. The summed E-state index contributed by atoms with van der Waals surface area (Å²) in [5, 5.41) is 4.32. The van der Waals surface area contributed by atoms with Gasteiger partial charge in [-0.2, -0.15) is 0 Å². The van der Waals surface area contributed by atoms with Gasteiger partial charge in [0.15, 0.2) is 5.16 Å². The summed E-state index contributed by atoms with van der Waals surface area (Å²) in [5.74, 6) is 0.137. The number of carbonyl (C=O) groups is 1. The molecular formula is C25H23N3O2S2. The van der Waals surface area contributed by atoms with E-state index in [1.54, 1.807) is 15.9 Å². The van der Waals surface area contributed by atoms with E-state index in [4.69, 9.17) is 4.98 Å². The van der Waals surface area contributed by atoms with Gasteiger partial charge in [-0.05, 0) is 36.0 Å². The molecule has 1 aliphatic carbocycles. The van der Waals surface area contributed by atoms with Gasteiger partial charge in [0.1, 0.15) is 4.83 Å². The summed E-state index contributed by atoms with van der Waals surface area (Å²) in [5.41, 5.74) is 3.28. The minimum Gasteiger partial charge on any atom is -0.351 e. The number of aryl methyl sites for hydroxylation is 2. The average molecular weight is 462 g/mol. The lowest BCUT2D eigenvalue weighted by atomic mass is 10.2. The summed E-state index contributed by atoms with van der Waals surface area (Å²) >= 11 is 2.96. The smallest absolute Gasteiger partial charge is 0.263 e. The topological polar surface area (TPSA) is 64.0 Å². The van der Waals surface area contributed by atoms with E-state index in [0.717, 1.165) is 40.6 Å². The average Bonchev–Trinajstić information content (AvgIpc) is 3.41. The standard InChI is InChI=1S/C25H23N3O2S2/c29-21(26-14-17-8-3-1-4-9-17)16-31-25-27-23-22(19-12-7-13-20(19)32-23)24(30)28(25)15-18-10-5-2-6-11-18/h1-6,8-11H,7,12-16H2,(H,26,29). The van der Waals surface area contributed by atoms with Crippen molar-refractivity contribution in [3.8, 4) is 0 Å². The lowest BCUT2D eigenvalue weighted by Gasteiger charge is -2.13. The maximum absolute atomic E-state index is 13.5. The van der Waals surface area contributed by atoms with E-state index in [-0.39, 0.29) is 17.2 Å². The minimum atomic E-state index is -0.0758. The van der Waals surface area contributed by atoms with Crippen LogP contribution in [0.2, 0.25) is 0 Å². The first-order chi connectivity index (χ1) is 15.7. The highest BCUT2D eigenvalue weighted by Gasteiger charge is 2.23. The predicted molar refractivity (Wildman–Crippen MR) is 130 cm³/mol. The van der Waals surface area contributed by atoms with Crippen LogP contribution < -0.4 is 10.9 Å². The molecule has 0 unspecified atom stereocenters. The van der Waals surface area contributed by atoms with Gasteiger partial charge in [0.25, 0.3) is 5.56 Å². The fraction of sp³-hybridized carbons (Fsp3) is 0.240. The summed E-state index contributed by atoms with van der Waals surface area (Å²) in [6.07, 6.45) is 3.08. The van der Waals surface area contributed by atoms with E-state index in [2.05, 4.69) is 5.32 Å². The van der Waals surface area contributed by atoms with Gasteiger partial charge in [-0.15, -0.1) is 11.3 Å². The number of benzene rings is 2. The number of amides is 1. The van der Waals surface area contributed by atoms with Crippen molar-refractivity contribution in [1.29, 1.82) is 0 Å². The van der Waals surface area contributed by atoms with Gasteiger partial charge in [0.05, 0.1) is 17.7 Å². The van der Waals surface area contributed by atoms with Gasteiger partial charge in [-0.3, -0.25) is 14.2 Å². The SMILES string of the molecule is O=C(CSc1nc2sc3c(c2c(=O)n1Cc1ccccc1)CCC3)NCc1ccccc1. The van der Waals surface area contributed by atoms with Crippen LogP contribution in [0.3, 0.4) is 0 Å². The van der Waals surface area contributed by atoms with Crippen LogP contribution in [0.5, 0.6) is 0 Å². The largest absolute Gasteiger partial charge is 0.351 e. The van der Waals surface area contributed by atoms with Gasteiger partial charge in [0, 0.05) is 11.4 Å². The van der Waals surface area contributed by atoms with Gasteiger partial charge in [-0.25, -0.2) is 4.98 Å². The number of nitrogens with one attached hydrogen (secondary N) is 1. The second kappa shape index (κ2) is 9.30. The van der Waals surface area contributed by atoms with Crippen LogP contribution in [-0.4, -0.2) is 21.2 Å². The molecule has 0 saturated heterocycles. The molecule has 0 saturated carbocycles. The summed E-state index contributed by atoms with van der Waals surface area (Å²) in [7, 11) is 0. The summed E-state index contributed by atoms with van der Waals surface area (Å²) in [6, 6.07) is 19.8.